The van der Waals surface area contributed by atoms with E-state index in [1.807, 2.05) is 6.07 Å². The summed E-state index contributed by atoms with van der Waals surface area (Å²) in [5.74, 6) is 4.25. The maximum Gasteiger partial charge on any atom is 0.335 e. The molecule has 0 N–H and O–H groups in total. The smallest absolute Gasteiger partial charge is 0.335 e. The summed E-state index contributed by atoms with van der Waals surface area (Å²) in [6.07, 6.45) is 16.8. The Morgan fingerprint density at radius 3 is 2.62 bits per heavy atom. The third kappa shape index (κ3) is 2.33. The zero-order valence-electron chi connectivity index (χ0n) is 16.4. The molecule has 4 saturated carbocycles. The van der Waals surface area contributed by atoms with Crippen LogP contribution in [-0.2, 0) is 0 Å². The van der Waals surface area contributed by atoms with Crippen molar-refractivity contribution in [2.45, 2.75) is 77.6 Å². The Labute approximate surface area is 157 Å². The van der Waals surface area contributed by atoms with Crippen molar-refractivity contribution in [3.63, 3.8) is 0 Å². The second-order valence-electron chi connectivity index (χ2n) is 10.3. The molecule has 1 radical (unpaired) electrons. The van der Waals surface area contributed by atoms with Crippen molar-refractivity contribution in [3.05, 3.63) is 40.8 Å². The molecule has 2 nitrogen and oxygen atoms in total. The minimum atomic E-state index is -0.225. The van der Waals surface area contributed by atoms with Gasteiger partial charge in [0, 0.05) is 6.07 Å². The minimum Gasteiger partial charge on any atom is -0.431 e. The monoisotopic (exact) mass is 353 g/mol. The van der Waals surface area contributed by atoms with Crippen molar-refractivity contribution >= 4 is 0 Å². The lowest BCUT2D eigenvalue weighted by molar-refractivity contribution is -0.1000. The highest BCUT2D eigenvalue weighted by molar-refractivity contribution is 5.22. The first kappa shape index (κ1) is 17.1. The topological polar surface area (TPSA) is 30.2 Å². The first-order valence-corrected chi connectivity index (χ1v) is 10.9. The van der Waals surface area contributed by atoms with Crippen LogP contribution in [-0.4, -0.2) is 0 Å². The predicted octanol–water partition coefficient (Wildman–Crippen LogP) is 5.97. The molecule has 0 bridgehead atoms. The summed E-state index contributed by atoms with van der Waals surface area (Å²) in [7, 11) is 0. The van der Waals surface area contributed by atoms with E-state index >= 15 is 0 Å². The second kappa shape index (κ2) is 5.97. The minimum absolute atomic E-state index is 0.225. The van der Waals surface area contributed by atoms with Crippen molar-refractivity contribution in [1.82, 2.24) is 0 Å². The fourth-order valence-corrected chi connectivity index (χ4v) is 8.16. The van der Waals surface area contributed by atoms with E-state index in [1.165, 1.54) is 63.4 Å². The van der Waals surface area contributed by atoms with Crippen LogP contribution < -0.4 is 5.63 Å². The van der Waals surface area contributed by atoms with Crippen LogP contribution in [0.4, 0.5) is 0 Å². The van der Waals surface area contributed by atoms with Gasteiger partial charge in [0.05, 0.1) is 6.26 Å². The van der Waals surface area contributed by atoms with Crippen LogP contribution in [0.3, 0.4) is 0 Å². The van der Waals surface area contributed by atoms with Crippen LogP contribution in [0.2, 0.25) is 0 Å². The standard InChI is InChI=1S/C24H33O2/c1-23-13-4-3-5-17(23)7-8-18-20-10-9-19(16-6-11-22(25)26-15-16)24(20,2)14-12-21(18)23/h3,6,11,15,17-21H,4-5,7-10,12-14H2,1-2H3. The summed E-state index contributed by atoms with van der Waals surface area (Å²) in [6, 6.07) is 3.65. The summed E-state index contributed by atoms with van der Waals surface area (Å²) in [4.78, 5) is 11.4. The van der Waals surface area contributed by atoms with E-state index < -0.39 is 0 Å². The Morgan fingerprint density at radius 1 is 0.962 bits per heavy atom. The first-order valence-electron chi connectivity index (χ1n) is 10.9. The molecule has 4 aliphatic carbocycles. The van der Waals surface area contributed by atoms with Crippen molar-refractivity contribution in [2.24, 2.45) is 34.5 Å². The zero-order chi connectivity index (χ0) is 17.9. The zero-order valence-corrected chi connectivity index (χ0v) is 16.4. The summed E-state index contributed by atoms with van der Waals surface area (Å²) < 4.78 is 5.23. The van der Waals surface area contributed by atoms with Crippen molar-refractivity contribution in [1.29, 1.82) is 0 Å². The van der Waals surface area contributed by atoms with E-state index in [9.17, 15) is 4.79 Å². The molecule has 0 aliphatic heterocycles. The average molecular weight is 354 g/mol. The van der Waals surface area contributed by atoms with Crippen LogP contribution in [0.25, 0.3) is 0 Å². The molecule has 0 aromatic carbocycles. The molecule has 7 atom stereocenters. The molecule has 5 rings (SSSR count). The lowest BCUT2D eigenvalue weighted by atomic mass is 9.45. The fraction of sp³-hybridized carbons (Fsp3) is 0.750. The van der Waals surface area contributed by atoms with E-state index in [-0.39, 0.29) is 5.63 Å². The molecule has 1 heterocycles. The number of rotatable bonds is 1. The molecule has 0 amide bonds. The molecule has 4 fully saturated rings. The van der Waals surface area contributed by atoms with E-state index in [1.54, 1.807) is 12.3 Å². The van der Waals surface area contributed by atoms with Crippen LogP contribution in [0.5, 0.6) is 0 Å². The molecule has 4 aliphatic rings. The van der Waals surface area contributed by atoms with Gasteiger partial charge in [0.2, 0.25) is 0 Å². The molecule has 1 aromatic rings. The van der Waals surface area contributed by atoms with Gasteiger partial charge in [-0.25, -0.2) is 4.79 Å². The SMILES string of the molecule is CC12CC[CH]CC1CCC1C2CCC2(C)C(c3ccc(=O)oc3)CCC12. The first-order chi connectivity index (χ1) is 12.5. The Hall–Kier alpha value is -1.05. The molecule has 2 heteroatoms. The summed E-state index contributed by atoms with van der Waals surface area (Å²) in [6.45, 7) is 5.20. The third-order valence-electron chi connectivity index (χ3n) is 9.53. The second-order valence-corrected chi connectivity index (χ2v) is 10.3. The Balaban J connectivity index is 1.45. The average Bonchev–Trinajstić information content (AvgIpc) is 2.99. The van der Waals surface area contributed by atoms with Gasteiger partial charge in [-0.05, 0) is 116 Å². The Bertz CT molecular complexity index is 715. The van der Waals surface area contributed by atoms with Crippen molar-refractivity contribution < 1.29 is 4.42 Å². The lowest BCUT2D eigenvalue weighted by Gasteiger charge is -2.60. The van der Waals surface area contributed by atoms with Crippen molar-refractivity contribution in [3.8, 4) is 0 Å². The summed E-state index contributed by atoms with van der Waals surface area (Å²) in [5.41, 5.74) is 2.03. The van der Waals surface area contributed by atoms with Gasteiger partial charge in [-0.1, -0.05) is 13.8 Å². The van der Waals surface area contributed by atoms with Crippen LogP contribution in [0, 0.1) is 40.9 Å². The van der Waals surface area contributed by atoms with E-state index in [2.05, 4.69) is 20.3 Å². The van der Waals surface area contributed by atoms with Gasteiger partial charge in [-0.3, -0.25) is 0 Å². The lowest BCUT2D eigenvalue weighted by Crippen LogP contribution is -2.52. The largest absolute Gasteiger partial charge is 0.431 e. The number of fused-ring (bicyclic) bond motifs is 5. The van der Waals surface area contributed by atoms with Crippen LogP contribution >= 0.6 is 0 Å². The van der Waals surface area contributed by atoms with Crippen LogP contribution in [0.15, 0.2) is 27.6 Å². The van der Waals surface area contributed by atoms with Gasteiger partial charge >= 0.3 is 5.63 Å². The number of hydrogen-bond acceptors (Lipinski definition) is 2. The molecule has 7 unspecified atom stereocenters. The van der Waals surface area contributed by atoms with Gasteiger partial charge in [-0.15, -0.1) is 0 Å². The van der Waals surface area contributed by atoms with Gasteiger partial charge in [0.1, 0.15) is 0 Å². The van der Waals surface area contributed by atoms with E-state index in [0.717, 1.165) is 23.7 Å². The maximum absolute atomic E-state index is 11.4. The highest BCUT2D eigenvalue weighted by Gasteiger charge is 2.59. The number of hydrogen-bond donors (Lipinski definition) is 0. The quantitative estimate of drug-likeness (QED) is 0.622. The highest BCUT2D eigenvalue weighted by atomic mass is 16.4. The molecule has 141 valence electrons. The van der Waals surface area contributed by atoms with Crippen LogP contribution in [0.1, 0.15) is 83.1 Å². The Morgan fingerprint density at radius 2 is 1.81 bits per heavy atom. The molecular weight excluding hydrogens is 320 g/mol. The molecular formula is C24H33O2. The molecule has 0 saturated heterocycles. The van der Waals surface area contributed by atoms with Gasteiger partial charge in [0.25, 0.3) is 0 Å². The molecule has 1 aromatic heterocycles. The predicted molar refractivity (Wildman–Crippen MR) is 104 cm³/mol. The fourth-order valence-electron chi connectivity index (χ4n) is 8.16. The van der Waals surface area contributed by atoms with Gasteiger partial charge in [-0.2, -0.15) is 0 Å². The molecule has 0 spiro atoms. The maximum atomic E-state index is 11.4. The Kier molecular flexibility index (Phi) is 3.92. The van der Waals surface area contributed by atoms with Crippen molar-refractivity contribution in [2.75, 3.05) is 0 Å². The highest BCUT2D eigenvalue weighted by Crippen LogP contribution is 2.68. The normalized spacial score (nSPS) is 47.7. The third-order valence-corrected chi connectivity index (χ3v) is 9.53. The van der Waals surface area contributed by atoms with E-state index in [0.29, 0.717) is 16.7 Å². The molecule has 26 heavy (non-hydrogen) atoms. The van der Waals surface area contributed by atoms with E-state index in [4.69, 9.17) is 4.42 Å². The summed E-state index contributed by atoms with van der Waals surface area (Å²) >= 11 is 0. The van der Waals surface area contributed by atoms with Gasteiger partial charge < -0.3 is 4.42 Å². The summed E-state index contributed by atoms with van der Waals surface area (Å²) in [5, 5.41) is 0. The van der Waals surface area contributed by atoms with Gasteiger partial charge in [0.15, 0.2) is 0 Å².